The van der Waals surface area contributed by atoms with E-state index >= 15 is 0 Å². The molecule has 17 heavy (non-hydrogen) atoms. The monoisotopic (exact) mass is 237 g/mol. The summed E-state index contributed by atoms with van der Waals surface area (Å²) in [5.41, 5.74) is 0.811. The molecule has 0 amide bonds. The van der Waals surface area contributed by atoms with E-state index in [1.165, 1.54) is 0 Å². The van der Waals surface area contributed by atoms with Crippen LogP contribution < -0.4 is 5.32 Å². The van der Waals surface area contributed by atoms with Crippen LogP contribution in [-0.2, 0) is 6.42 Å². The molecule has 0 aliphatic rings. The summed E-state index contributed by atoms with van der Waals surface area (Å²) in [5, 5.41) is 3.47. The number of nitrogens with one attached hydrogen (secondary N) is 1. The van der Waals surface area contributed by atoms with Crippen LogP contribution in [0.15, 0.2) is 24.3 Å². The van der Waals surface area contributed by atoms with Crippen LogP contribution >= 0.6 is 0 Å². The molecule has 0 heterocycles. The van der Waals surface area contributed by atoms with Crippen LogP contribution in [0.25, 0.3) is 0 Å². The number of likely N-dealkylation sites (N-methyl/N-ethyl adjacent to an activating group) is 1. The maximum Gasteiger partial charge on any atom is 0.126 e. The van der Waals surface area contributed by atoms with E-state index in [4.69, 9.17) is 0 Å². The molecule has 0 saturated heterocycles. The van der Waals surface area contributed by atoms with E-state index in [1.807, 2.05) is 12.1 Å². The summed E-state index contributed by atoms with van der Waals surface area (Å²) in [6.45, 7) is 9.70. The normalized spacial score (nSPS) is 14.9. The van der Waals surface area contributed by atoms with Crippen molar-refractivity contribution < 1.29 is 4.39 Å². The predicted molar refractivity (Wildman–Crippen MR) is 71.6 cm³/mol. The summed E-state index contributed by atoms with van der Waals surface area (Å²) in [7, 11) is 0. The molecule has 2 atom stereocenters. The molecule has 0 aliphatic heterocycles. The third kappa shape index (κ3) is 4.12. The van der Waals surface area contributed by atoms with Gasteiger partial charge in [-0.3, -0.25) is 0 Å². The average molecular weight is 237 g/mol. The van der Waals surface area contributed by atoms with Crippen LogP contribution in [0.3, 0.4) is 0 Å². The number of hydrogen-bond donors (Lipinski definition) is 1. The summed E-state index contributed by atoms with van der Waals surface area (Å²) in [4.78, 5) is 0. The molecule has 0 aromatic heterocycles. The minimum absolute atomic E-state index is 0.0913. The first kappa shape index (κ1) is 14.2. The molecule has 1 aromatic carbocycles. The van der Waals surface area contributed by atoms with Gasteiger partial charge in [0.25, 0.3) is 0 Å². The van der Waals surface area contributed by atoms with Gasteiger partial charge in [0.2, 0.25) is 0 Å². The van der Waals surface area contributed by atoms with Crippen molar-refractivity contribution in [3.8, 4) is 0 Å². The largest absolute Gasteiger partial charge is 0.314 e. The van der Waals surface area contributed by atoms with E-state index in [0.29, 0.717) is 17.9 Å². The first-order valence-corrected chi connectivity index (χ1v) is 6.53. The van der Waals surface area contributed by atoms with Gasteiger partial charge in [-0.25, -0.2) is 4.39 Å². The fourth-order valence-electron chi connectivity index (χ4n) is 2.07. The van der Waals surface area contributed by atoms with Crippen molar-refractivity contribution in [3.63, 3.8) is 0 Å². The standard InChI is InChI=1S/C15H24FN/c1-5-17-15(12(4)11(2)3)10-13-8-6-7-9-14(13)16/h6-9,11-12,15,17H,5,10H2,1-4H3. The fourth-order valence-corrected chi connectivity index (χ4v) is 2.07. The first-order valence-electron chi connectivity index (χ1n) is 6.53. The van der Waals surface area contributed by atoms with Crippen molar-refractivity contribution in [1.29, 1.82) is 0 Å². The Balaban J connectivity index is 2.76. The summed E-state index contributed by atoms with van der Waals surface area (Å²) >= 11 is 0. The van der Waals surface area contributed by atoms with Gasteiger partial charge in [-0.1, -0.05) is 45.9 Å². The Morgan fingerprint density at radius 2 is 1.82 bits per heavy atom. The second kappa shape index (κ2) is 6.75. The zero-order chi connectivity index (χ0) is 12.8. The van der Waals surface area contributed by atoms with Gasteiger partial charge >= 0.3 is 0 Å². The van der Waals surface area contributed by atoms with Gasteiger partial charge in [-0.2, -0.15) is 0 Å². The number of halogens is 1. The SMILES string of the molecule is CCNC(Cc1ccccc1F)C(C)C(C)C. The van der Waals surface area contributed by atoms with E-state index in [0.717, 1.165) is 18.5 Å². The Morgan fingerprint density at radius 3 is 2.35 bits per heavy atom. The molecule has 0 bridgehead atoms. The van der Waals surface area contributed by atoms with Crippen molar-refractivity contribution in [1.82, 2.24) is 5.32 Å². The van der Waals surface area contributed by atoms with Crippen molar-refractivity contribution in [3.05, 3.63) is 35.6 Å². The highest BCUT2D eigenvalue weighted by atomic mass is 19.1. The first-order chi connectivity index (χ1) is 8.06. The third-order valence-corrected chi connectivity index (χ3v) is 3.55. The molecule has 1 aromatic rings. The van der Waals surface area contributed by atoms with Crippen LogP contribution in [0.2, 0.25) is 0 Å². The number of hydrogen-bond acceptors (Lipinski definition) is 1. The maximum atomic E-state index is 13.6. The summed E-state index contributed by atoms with van der Waals surface area (Å²) in [6, 6.07) is 7.41. The molecular weight excluding hydrogens is 213 g/mol. The van der Waals surface area contributed by atoms with Crippen LogP contribution in [0.4, 0.5) is 4.39 Å². The van der Waals surface area contributed by atoms with E-state index in [-0.39, 0.29) is 5.82 Å². The topological polar surface area (TPSA) is 12.0 Å². The van der Waals surface area contributed by atoms with Gasteiger partial charge < -0.3 is 5.32 Å². The zero-order valence-corrected chi connectivity index (χ0v) is 11.3. The molecule has 2 heteroatoms. The Kier molecular flexibility index (Phi) is 5.63. The van der Waals surface area contributed by atoms with Gasteiger partial charge in [-0.15, -0.1) is 0 Å². The molecule has 1 N–H and O–H groups in total. The van der Waals surface area contributed by atoms with E-state index < -0.39 is 0 Å². The molecule has 96 valence electrons. The minimum Gasteiger partial charge on any atom is -0.314 e. The molecule has 0 fully saturated rings. The second-order valence-corrected chi connectivity index (χ2v) is 5.06. The zero-order valence-electron chi connectivity index (χ0n) is 11.3. The van der Waals surface area contributed by atoms with Crippen LogP contribution in [-0.4, -0.2) is 12.6 Å². The van der Waals surface area contributed by atoms with Crippen molar-refractivity contribution in [2.24, 2.45) is 11.8 Å². The van der Waals surface area contributed by atoms with E-state index in [1.54, 1.807) is 12.1 Å². The molecule has 0 radical (unpaired) electrons. The fraction of sp³-hybridized carbons (Fsp3) is 0.600. The average Bonchev–Trinajstić information content (AvgIpc) is 2.30. The smallest absolute Gasteiger partial charge is 0.126 e. The lowest BCUT2D eigenvalue weighted by Crippen LogP contribution is -2.39. The number of benzene rings is 1. The van der Waals surface area contributed by atoms with Crippen LogP contribution in [0.1, 0.15) is 33.3 Å². The highest BCUT2D eigenvalue weighted by molar-refractivity contribution is 5.18. The van der Waals surface area contributed by atoms with Crippen molar-refractivity contribution in [2.75, 3.05) is 6.54 Å². The lowest BCUT2D eigenvalue weighted by atomic mass is 9.86. The lowest BCUT2D eigenvalue weighted by molar-refractivity contribution is 0.298. The van der Waals surface area contributed by atoms with Gasteiger partial charge in [-0.05, 0) is 36.4 Å². The summed E-state index contributed by atoms with van der Waals surface area (Å²) in [5.74, 6) is 1.05. The highest BCUT2D eigenvalue weighted by Gasteiger charge is 2.20. The van der Waals surface area contributed by atoms with Gasteiger partial charge in [0.1, 0.15) is 5.82 Å². The van der Waals surface area contributed by atoms with Crippen LogP contribution in [0.5, 0.6) is 0 Å². The Labute approximate surface area is 104 Å². The highest BCUT2D eigenvalue weighted by Crippen LogP contribution is 2.19. The summed E-state index contributed by atoms with van der Waals surface area (Å²) < 4.78 is 13.6. The van der Waals surface area contributed by atoms with Gasteiger partial charge in [0.05, 0.1) is 0 Å². The Hall–Kier alpha value is -0.890. The predicted octanol–water partition coefficient (Wildman–Crippen LogP) is 3.64. The van der Waals surface area contributed by atoms with Gasteiger partial charge in [0.15, 0.2) is 0 Å². The molecule has 1 nitrogen and oxygen atoms in total. The van der Waals surface area contributed by atoms with E-state index in [2.05, 4.69) is 33.0 Å². The maximum absolute atomic E-state index is 13.6. The summed E-state index contributed by atoms with van der Waals surface area (Å²) in [6.07, 6.45) is 0.764. The Morgan fingerprint density at radius 1 is 1.18 bits per heavy atom. The molecule has 1 rings (SSSR count). The van der Waals surface area contributed by atoms with Crippen molar-refractivity contribution in [2.45, 2.75) is 40.2 Å². The Bertz CT molecular complexity index is 335. The van der Waals surface area contributed by atoms with E-state index in [9.17, 15) is 4.39 Å². The van der Waals surface area contributed by atoms with Crippen LogP contribution in [0, 0.1) is 17.7 Å². The quantitative estimate of drug-likeness (QED) is 0.796. The molecule has 0 aliphatic carbocycles. The lowest BCUT2D eigenvalue weighted by Gasteiger charge is -2.28. The second-order valence-electron chi connectivity index (χ2n) is 5.06. The number of rotatable bonds is 6. The molecule has 0 spiro atoms. The third-order valence-electron chi connectivity index (χ3n) is 3.55. The minimum atomic E-state index is -0.0913. The van der Waals surface area contributed by atoms with Gasteiger partial charge in [0, 0.05) is 6.04 Å². The van der Waals surface area contributed by atoms with Crippen molar-refractivity contribution >= 4 is 0 Å². The molecular formula is C15H24FN. The molecule has 0 saturated carbocycles. The molecule has 2 unspecified atom stereocenters.